The van der Waals surface area contributed by atoms with Crippen molar-refractivity contribution >= 4 is 17.1 Å². The Balaban J connectivity index is 1.15. The minimum Gasteiger partial charge on any atom is -0.310 e. The van der Waals surface area contributed by atoms with Gasteiger partial charge >= 0.3 is 0 Å². The molecule has 1 nitrogen and oxygen atoms in total. The molecule has 0 N–H and O–H groups in total. The highest BCUT2D eigenvalue weighted by atomic mass is 15.1. The van der Waals surface area contributed by atoms with Gasteiger partial charge in [-0.3, -0.25) is 0 Å². The van der Waals surface area contributed by atoms with Crippen molar-refractivity contribution in [3.05, 3.63) is 210 Å². The summed E-state index contributed by atoms with van der Waals surface area (Å²) >= 11 is 0. The van der Waals surface area contributed by atoms with E-state index in [0.29, 0.717) is 0 Å². The molecule has 0 aromatic heterocycles. The topological polar surface area (TPSA) is 3.24 Å². The van der Waals surface area contributed by atoms with Gasteiger partial charge in [-0.15, -0.1) is 0 Å². The maximum Gasteiger partial charge on any atom is 0.0467 e. The predicted octanol–water partition coefficient (Wildman–Crippen LogP) is 14.8. The Labute approximate surface area is 325 Å². The third-order valence-corrected chi connectivity index (χ3v) is 12.2. The zero-order chi connectivity index (χ0) is 37.3. The fraction of sp³-hybridized carbons (Fsp3) is 0.111. The van der Waals surface area contributed by atoms with Crippen molar-refractivity contribution < 1.29 is 0 Å². The van der Waals surface area contributed by atoms with E-state index in [4.69, 9.17) is 0 Å². The zero-order valence-electron chi connectivity index (χ0n) is 31.8. The zero-order valence-corrected chi connectivity index (χ0v) is 31.8. The predicted molar refractivity (Wildman–Crippen MR) is 233 cm³/mol. The second-order valence-corrected chi connectivity index (χ2v) is 16.1. The molecule has 264 valence electrons. The van der Waals surface area contributed by atoms with E-state index in [1.165, 1.54) is 77.9 Å². The number of hydrogen-bond acceptors (Lipinski definition) is 1. The summed E-state index contributed by atoms with van der Waals surface area (Å²) in [6.45, 7) is 9.49. The average Bonchev–Trinajstić information content (AvgIpc) is 3.62. The molecule has 0 atom stereocenters. The third-order valence-electron chi connectivity index (χ3n) is 12.2. The highest BCUT2D eigenvalue weighted by molar-refractivity contribution is 5.92. The van der Waals surface area contributed by atoms with Crippen molar-refractivity contribution in [1.29, 1.82) is 0 Å². The first-order valence-corrected chi connectivity index (χ1v) is 19.4. The minimum atomic E-state index is -0.111. The molecule has 0 spiro atoms. The highest BCUT2D eigenvalue weighted by Crippen LogP contribution is 2.54. The number of hydrogen-bond donors (Lipinski definition) is 0. The smallest absolute Gasteiger partial charge is 0.0467 e. The minimum absolute atomic E-state index is 0.111. The molecule has 0 aliphatic heterocycles. The van der Waals surface area contributed by atoms with E-state index in [0.717, 1.165) is 17.1 Å². The van der Waals surface area contributed by atoms with E-state index in [9.17, 15) is 0 Å². The lowest BCUT2D eigenvalue weighted by Gasteiger charge is -2.29. The van der Waals surface area contributed by atoms with Gasteiger partial charge in [-0.2, -0.15) is 0 Å². The van der Waals surface area contributed by atoms with Crippen LogP contribution in [-0.2, 0) is 10.8 Å². The fourth-order valence-electron chi connectivity index (χ4n) is 9.70. The van der Waals surface area contributed by atoms with Gasteiger partial charge in [0.2, 0.25) is 0 Å². The van der Waals surface area contributed by atoms with Crippen LogP contribution in [0.15, 0.2) is 188 Å². The first kappa shape index (κ1) is 33.2. The van der Waals surface area contributed by atoms with E-state index >= 15 is 0 Å². The lowest BCUT2D eigenvalue weighted by molar-refractivity contribution is 0.662. The molecular formula is C54H43N. The molecule has 0 radical (unpaired) electrons. The highest BCUT2D eigenvalue weighted by Gasteiger charge is 2.38. The van der Waals surface area contributed by atoms with E-state index in [1.54, 1.807) is 0 Å². The molecule has 10 rings (SSSR count). The normalized spacial score (nSPS) is 14.1. The number of benzene rings is 8. The van der Waals surface area contributed by atoms with Crippen LogP contribution in [0.3, 0.4) is 0 Å². The second-order valence-electron chi connectivity index (χ2n) is 16.1. The first-order chi connectivity index (χ1) is 26.8. The number of nitrogens with zero attached hydrogens (tertiary/aromatic N) is 1. The lowest BCUT2D eigenvalue weighted by atomic mass is 9.79. The van der Waals surface area contributed by atoms with Gasteiger partial charge in [0.25, 0.3) is 0 Å². The molecule has 0 saturated carbocycles. The van der Waals surface area contributed by atoms with Gasteiger partial charge in [-0.25, -0.2) is 0 Å². The standard InChI is InChI=1S/C54H43N/c1-53(2)49-31-10-8-25-45(49)47-29-15-27-43(51(47)53)38-20-13-23-41(34-38)55(40-22-12-19-37(33-40)36-17-6-5-7-18-36)42-24-14-21-39(35-42)44-28-16-30-48-46-26-9-11-32-50(46)54(3,4)52(44)48/h5-35H,1-4H3. The number of fused-ring (bicyclic) bond motifs is 6. The van der Waals surface area contributed by atoms with Crippen molar-refractivity contribution in [1.82, 2.24) is 0 Å². The van der Waals surface area contributed by atoms with E-state index in [1.807, 2.05) is 0 Å². The Morgan fingerprint density at radius 3 is 1.13 bits per heavy atom. The van der Waals surface area contributed by atoms with Crippen LogP contribution in [0.5, 0.6) is 0 Å². The summed E-state index contributed by atoms with van der Waals surface area (Å²) in [6.07, 6.45) is 0. The van der Waals surface area contributed by atoms with Crippen molar-refractivity contribution in [2.45, 2.75) is 38.5 Å². The van der Waals surface area contributed by atoms with Crippen LogP contribution in [0.1, 0.15) is 49.9 Å². The van der Waals surface area contributed by atoms with Crippen LogP contribution in [0.2, 0.25) is 0 Å². The molecule has 0 bridgehead atoms. The maximum absolute atomic E-state index is 2.44. The molecule has 0 saturated heterocycles. The Hall–Kier alpha value is -6.44. The van der Waals surface area contributed by atoms with Gasteiger partial charge in [-0.1, -0.05) is 179 Å². The monoisotopic (exact) mass is 705 g/mol. The molecule has 0 heterocycles. The summed E-state index contributed by atoms with van der Waals surface area (Å²) < 4.78 is 0. The van der Waals surface area contributed by atoms with Crippen LogP contribution < -0.4 is 4.90 Å². The van der Waals surface area contributed by atoms with Crippen molar-refractivity contribution in [3.8, 4) is 55.6 Å². The molecule has 0 amide bonds. The van der Waals surface area contributed by atoms with Crippen LogP contribution >= 0.6 is 0 Å². The molecular weight excluding hydrogens is 663 g/mol. The fourth-order valence-corrected chi connectivity index (χ4v) is 9.70. The summed E-state index contributed by atoms with van der Waals surface area (Å²) in [5.74, 6) is 0. The SMILES string of the molecule is CC1(C)c2ccccc2-c2cccc(-c3cccc(N(c4cccc(-c5ccccc5)c4)c4cccc(-c5cccc6c5C(C)(C)c5ccccc5-6)c4)c3)c21. The first-order valence-electron chi connectivity index (χ1n) is 19.4. The molecule has 8 aromatic rings. The van der Waals surface area contributed by atoms with Gasteiger partial charge < -0.3 is 4.90 Å². The lowest BCUT2D eigenvalue weighted by Crippen LogP contribution is -2.16. The average molecular weight is 706 g/mol. The maximum atomic E-state index is 2.44. The van der Waals surface area contributed by atoms with Crippen molar-refractivity contribution in [2.24, 2.45) is 0 Å². The van der Waals surface area contributed by atoms with Crippen LogP contribution in [0.25, 0.3) is 55.6 Å². The number of anilines is 3. The van der Waals surface area contributed by atoms with Gasteiger partial charge in [0.1, 0.15) is 0 Å². The Morgan fingerprint density at radius 1 is 0.291 bits per heavy atom. The van der Waals surface area contributed by atoms with Crippen molar-refractivity contribution in [2.75, 3.05) is 4.90 Å². The van der Waals surface area contributed by atoms with E-state index < -0.39 is 0 Å². The van der Waals surface area contributed by atoms with Crippen LogP contribution in [0, 0.1) is 0 Å². The Kier molecular flexibility index (Phi) is 7.58. The van der Waals surface area contributed by atoms with Gasteiger partial charge in [-0.05, 0) is 114 Å². The quantitative estimate of drug-likeness (QED) is 0.166. The summed E-state index contributed by atoms with van der Waals surface area (Å²) in [4.78, 5) is 2.44. The van der Waals surface area contributed by atoms with Crippen molar-refractivity contribution in [3.63, 3.8) is 0 Å². The summed E-state index contributed by atoms with van der Waals surface area (Å²) in [5.41, 5.74) is 21.5. The van der Waals surface area contributed by atoms with Gasteiger partial charge in [0, 0.05) is 27.9 Å². The Morgan fingerprint density at radius 2 is 0.636 bits per heavy atom. The molecule has 0 fully saturated rings. The Bertz CT molecular complexity index is 2620. The third kappa shape index (κ3) is 5.22. The molecule has 1 heteroatoms. The molecule has 0 unspecified atom stereocenters. The van der Waals surface area contributed by atoms with E-state index in [2.05, 4.69) is 221 Å². The van der Waals surface area contributed by atoms with Gasteiger partial charge in [0.05, 0.1) is 0 Å². The molecule has 8 aromatic carbocycles. The molecule has 2 aliphatic carbocycles. The summed E-state index contributed by atoms with van der Waals surface area (Å²) in [5, 5.41) is 0. The summed E-state index contributed by atoms with van der Waals surface area (Å²) in [7, 11) is 0. The summed E-state index contributed by atoms with van der Waals surface area (Å²) in [6, 6.07) is 69.4. The number of rotatable bonds is 6. The van der Waals surface area contributed by atoms with Gasteiger partial charge in [0.15, 0.2) is 0 Å². The van der Waals surface area contributed by atoms with E-state index in [-0.39, 0.29) is 10.8 Å². The second kappa shape index (κ2) is 12.6. The molecule has 55 heavy (non-hydrogen) atoms. The molecule has 2 aliphatic rings. The van der Waals surface area contributed by atoms with Crippen LogP contribution in [0.4, 0.5) is 17.1 Å². The largest absolute Gasteiger partial charge is 0.310 e. The van der Waals surface area contributed by atoms with Crippen LogP contribution in [-0.4, -0.2) is 0 Å².